The first-order valence-corrected chi connectivity index (χ1v) is 13.5. The first kappa shape index (κ1) is 26.4. The van der Waals surface area contributed by atoms with Crippen LogP contribution >= 0.6 is 0 Å². The number of unbranched alkanes of at least 4 members (excludes halogenated alkanes) is 16. The van der Waals surface area contributed by atoms with Crippen LogP contribution in [0.2, 0.25) is 0 Å². The van der Waals surface area contributed by atoms with E-state index in [1.54, 1.807) is 0 Å². The molecule has 0 aromatic carbocycles. The molecule has 0 aromatic rings. The highest BCUT2D eigenvalue weighted by Crippen LogP contribution is 2.22. The zero-order chi connectivity index (χ0) is 21.0. The molecule has 0 saturated heterocycles. The van der Waals surface area contributed by atoms with Crippen LogP contribution in [0.3, 0.4) is 0 Å². The second kappa shape index (κ2) is 19.3. The van der Waals surface area contributed by atoms with Gasteiger partial charge < -0.3 is 9.80 Å². The maximum Gasteiger partial charge on any atom is 0.101 e. The van der Waals surface area contributed by atoms with Crippen LogP contribution in [-0.4, -0.2) is 29.1 Å². The minimum atomic E-state index is 0.638. The Labute approximate surface area is 184 Å². The van der Waals surface area contributed by atoms with Gasteiger partial charge in [0.25, 0.3) is 0 Å². The molecule has 1 aliphatic rings. The van der Waals surface area contributed by atoms with Crippen LogP contribution in [0.5, 0.6) is 0 Å². The van der Waals surface area contributed by atoms with Crippen LogP contribution in [-0.2, 0) is 0 Å². The Hall–Kier alpha value is -0.660. The molecule has 2 nitrogen and oxygen atoms in total. The summed E-state index contributed by atoms with van der Waals surface area (Å²) >= 11 is 0. The second-order valence-electron chi connectivity index (χ2n) is 9.29. The molecule has 0 N–H and O–H groups in total. The zero-order valence-corrected chi connectivity index (χ0v) is 20.5. The average Bonchev–Trinajstić information content (AvgIpc) is 3.13. The van der Waals surface area contributed by atoms with E-state index in [4.69, 9.17) is 0 Å². The van der Waals surface area contributed by atoms with Crippen molar-refractivity contribution in [2.24, 2.45) is 0 Å². The topological polar surface area (TPSA) is 6.48 Å². The van der Waals surface area contributed by atoms with Crippen molar-refractivity contribution in [3.05, 3.63) is 12.4 Å². The summed E-state index contributed by atoms with van der Waals surface area (Å²) in [5.74, 6) is 0. The molecular formula is C27H54N2. The van der Waals surface area contributed by atoms with Crippen molar-refractivity contribution < 1.29 is 0 Å². The highest BCUT2D eigenvalue weighted by Gasteiger charge is 2.23. The zero-order valence-electron chi connectivity index (χ0n) is 20.5. The summed E-state index contributed by atoms with van der Waals surface area (Å²) in [6, 6.07) is 0. The van der Waals surface area contributed by atoms with Crippen LogP contribution in [0.1, 0.15) is 143 Å². The van der Waals surface area contributed by atoms with Gasteiger partial charge in [0.05, 0.1) is 0 Å². The molecule has 1 rings (SSSR count). The van der Waals surface area contributed by atoms with Crippen molar-refractivity contribution in [2.45, 2.75) is 149 Å². The van der Waals surface area contributed by atoms with E-state index in [1.165, 1.54) is 129 Å². The third-order valence-electron chi connectivity index (χ3n) is 6.67. The van der Waals surface area contributed by atoms with Gasteiger partial charge in [-0.25, -0.2) is 0 Å². The van der Waals surface area contributed by atoms with E-state index in [0.717, 1.165) is 6.54 Å². The van der Waals surface area contributed by atoms with E-state index in [9.17, 15) is 0 Å². The van der Waals surface area contributed by atoms with Crippen LogP contribution in [0, 0.1) is 0 Å². The Morgan fingerprint density at radius 1 is 0.483 bits per heavy atom. The Morgan fingerprint density at radius 2 is 0.897 bits per heavy atom. The van der Waals surface area contributed by atoms with Gasteiger partial charge >= 0.3 is 0 Å². The fourth-order valence-corrected chi connectivity index (χ4v) is 4.67. The largest absolute Gasteiger partial charge is 0.356 e. The standard InChI is InChI=1S/C27H54N2/c1-4-7-9-11-12-13-14-15-16-17-18-19-20-21-23-27-28(6-3)25-26-29(27)24-22-10-8-5-2/h25-27H,4-24H2,1-3H3. The van der Waals surface area contributed by atoms with Crippen molar-refractivity contribution >= 4 is 0 Å². The van der Waals surface area contributed by atoms with Crippen molar-refractivity contribution in [1.82, 2.24) is 9.80 Å². The predicted octanol–water partition coefficient (Wildman–Crippen LogP) is 8.87. The Bertz CT molecular complexity index is 366. The van der Waals surface area contributed by atoms with Gasteiger partial charge in [-0.1, -0.05) is 117 Å². The van der Waals surface area contributed by atoms with Crippen molar-refractivity contribution in [3.8, 4) is 0 Å². The average molecular weight is 407 g/mol. The third kappa shape index (κ3) is 13.3. The summed E-state index contributed by atoms with van der Waals surface area (Å²) in [5, 5.41) is 0. The number of nitrogens with zero attached hydrogens (tertiary/aromatic N) is 2. The molecule has 0 bridgehead atoms. The summed E-state index contributed by atoms with van der Waals surface area (Å²) in [6.07, 6.45) is 32.4. The Morgan fingerprint density at radius 3 is 1.38 bits per heavy atom. The highest BCUT2D eigenvalue weighted by molar-refractivity contribution is 4.96. The summed E-state index contributed by atoms with van der Waals surface area (Å²) in [5.41, 5.74) is 0. The summed E-state index contributed by atoms with van der Waals surface area (Å²) in [6.45, 7) is 9.29. The molecule has 1 atom stereocenters. The lowest BCUT2D eigenvalue weighted by molar-refractivity contribution is 0.142. The lowest BCUT2D eigenvalue weighted by Gasteiger charge is -2.32. The molecule has 0 aromatic heterocycles. The van der Waals surface area contributed by atoms with Gasteiger partial charge in [0.2, 0.25) is 0 Å². The summed E-state index contributed by atoms with van der Waals surface area (Å²) in [7, 11) is 0. The lowest BCUT2D eigenvalue weighted by atomic mass is 10.0. The molecule has 29 heavy (non-hydrogen) atoms. The fraction of sp³-hybridized carbons (Fsp3) is 0.926. The van der Waals surface area contributed by atoms with Gasteiger partial charge in [0, 0.05) is 25.5 Å². The van der Waals surface area contributed by atoms with E-state index < -0.39 is 0 Å². The van der Waals surface area contributed by atoms with Gasteiger partial charge in [-0.15, -0.1) is 0 Å². The van der Waals surface area contributed by atoms with Gasteiger partial charge in [0.1, 0.15) is 6.17 Å². The number of rotatable bonds is 21. The molecular weight excluding hydrogens is 352 g/mol. The van der Waals surface area contributed by atoms with Gasteiger partial charge in [0.15, 0.2) is 0 Å². The first-order valence-electron chi connectivity index (χ1n) is 13.5. The van der Waals surface area contributed by atoms with Crippen molar-refractivity contribution in [3.63, 3.8) is 0 Å². The molecule has 1 heterocycles. The van der Waals surface area contributed by atoms with Crippen molar-refractivity contribution in [2.75, 3.05) is 13.1 Å². The molecule has 0 amide bonds. The number of hydrogen-bond donors (Lipinski definition) is 0. The molecule has 0 radical (unpaired) electrons. The SMILES string of the molecule is CCCCCCCCCCCCCCCCC1N(CC)C=CN1CCCCCC. The quantitative estimate of drug-likeness (QED) is 0.176. The summed E-state index contributed by atoms with van der Waals surface area (Å²) < 4.78 is 0. The molecule has 0 spiro atoms. The van der Waals surface area contributed by atoms with E-state index >= 15 is 0 Å². The van der Waals surface area contributed by atoms with E-state index in [1.807, 2.05) is 0 Å². The smallest absolute Gasteiger partial charge is 0.101 e. The molecule has 1 unspecified atom stereocenters. The third-order valence-corrected chi connectivity index (χ3v) is 6.67. The minimum Gasteiger partial charge on any atom is -0.356 e. The molecule has 0 saturated carbocycles. The van der Waals surface area contributed by atoms with Gasteiger partial charge in [-0.05, 0) is 26.2 Å². The van der Waals surface area contributed by atoms with E-state index in [0.29, 0.717) is 6.17 Å². The molecule has 1 aliphatic heterocycles. The van der Waals surface area contributed by atoms with Crippen LogP contribution in [0.25, 0.3) is 0 Å². The van der Waals surface area contributed by atoms with E-state index in [2.05, 4.69) is 43.0 Å². The lowest BCUT2D eigenvalue weighted by Crippen LogP contribution is -2.38. The van der Waals surface area contributed by atoms with Gasteiger partial charge in [-0.3, -0.25) is 0 Å². The second-order valence-corrected chi connectivity index (χ2v) is 9.29. The molecule has 172 valence electrons. The molecule has 0 fully saturated rings. The highest BCUT2D eigenvalue weighted by atomic mass is 15.4. The predicted molar refractivity (Wildman–Crippen MR) is 131 cm³/mol. The van der Waals surface area contributed by atoms with E-state index in [-0.39, 0.29) is 0 Å². The normalized spacial score (nSPS) is 16.3. The number of hydrogen-bond acceptors (Lipinski definition) is 2. The maximum absolute atomic E-state index is 2.61. The first-order chi connectivity index (χ1) is 14.3. The fourth-order valence-electron chi connectivity index (χ4n) is 4.67. The van der Waals surface area contributed by atoms with Crippen molar-refractivity contribution in [1.29, 1.82) is 0 Å². The monoisotopic (exact) mass is 406 g/mol. The minimum absolute atomic E-state index is 0.638. The molecule has 0 aliphatic carbocycles. The maximum atomic E-state index is 2.61. The van der Waals surface area contributed by atoms with Crippen LogP contribution in [0.15, 0.2) is 12.4 Å². The van der Waals surface area contributed by atoms with Crippen LogP contribution in [0.4, 0.5) is 0 Å². The van der Waals surface area contributed by atoms with Crippen LogP contribution < -0.4 is 0 Å². The Kier molecular flexibility index (Phi) is 17.6. The summed E-state index contributed by atoms with van der Waals surface area (Å²) in [4.78, 5) is 5.16. The molecule has 2 heteroatoms. The Balaban J connectivity index is 1.95. The van der Waals surface area contributed by atoms with Gasteiger partial charge in [-0.2, -0.15) is 0 Å².